The van der Waals surface area contributed by atoms with E-state index in [1.807, 2.05) is 18.2 Å². The van der Waals surface area contributed by atoms with Crippen LogP contribution in [0.1, 0.15) is 44.5 Å². The second-order valence-corrected chi connectivity index (χ2v) is 4.95. The van der Waals surface area contributed by atoms with Crippen molar-refractivity contribution >= 4 is 0 Å². The molecular formula is C16H21N3O. The van der Waals surface area contributed by atoms with Crippen molar-refractivity contribution in [1.29, 1.82) is 0 Å². The van der Waals surface area contributed by atoms with E-state index in [1.54, 1.807) is 6.07 Å². The summed E-state index contributed by atoms with van der Waals surface area (Å²) in [6.07, 6.45) is 5.01. The summed E-state index contributed by atoms with van der Waals surface area (Å²) in [5.74, 6) is 0.569. The number of hydrogen-bond acceptors (Lipinski definition) is 3. The number of aromatic amines is 1. The number of H-pyrrole nitrogens is 1. The summed E-state index contributed by atoms with van der Waals surface area (Å²) in [6, 6.07) is 7.45. The van der Waals surface area contributed by atoms with Gasteiger partial charge in [0.25, 0.3) is 5.56 Å². The van der Waals surface area contributed by atoms with E-state index in [2.05, 4.69) is 28.8 Å². The number of nitrogens with one attached hydrogen (secondary N) is 1. The van der Waals surface area contributed by atoms with Gasteiger partial charge in [0.2, 0.25) is 0 Å². The molecule has 0 atom stereocenters. The highest BCUT2D eigenvalue weighted by molar-refractivity contribution is 5.49. The normalized spacial score (nSPS) is 10.7. The fraction of sp³-hybridized carbons (Fsp3) is 0.438. The first kappa shape index (κ1) is 14.4. The molecule has 0 fully saturated rings. The average molecular weight is 271 g/mol. The van der Waals surface area contributed by atoms with Crippen molar-refractivity contribution in [3.8, 4) is 11.5 Å². The van der Waals surface area contributed by atoms with Crippen LogP contribution in [0.5, 0.6) is 0 Å². The molecule has 0 amide bonds. The lowest BCUT2D eigenvalue weighted by Crippen LogP contribution is -2.11. The van der Waals surface area contributed by atoms with Gasteiger partial charge < -0.3 is 4.98 Å². The van der Waals surface area contributed by atoms with Gasteiger partial charge in [0.05, 0.1) is 0 Å². The van der Waals surface area contributed by atoms with Gasteiger partial charge in [-0.05, 0) is 31.4 Å². The molecule has 0 bridgehead atoms. The van der Waals surface area contributed by atoms with E-state index >= 15 is 0 Å². The highest BCUT2D eigenvalue weighted by Gasteiger charge is 2.06. The highest BCUT2D eigenvalue weighted by atomic mass is 16.1. The minimum atomic E-state index is -0.112. The summed E-state index contributed by atoms with van der Waals surface area (Å²) in [7, 11) is 0. The van der Waals surface area contributed by atoms with Crippen LogP contribution < -0.4 is 5.56 Å². The van der Waals surface area contributed by atoms with Gasteiger partial charge >= 0.3 is 0 Å². The van der Waals surface area contributed by atoms with Gasteiger partial charge in [-0.15, -0.1) is 0 Å². The number of hydrogen-bond donors (Lipinski definition) is 1. The molecule has 2 heterocycles. The predicted octanol–water partition coefficient (Wildman–Crippen LogP) is 3.13. The summed E-state index contributed by atoms with van der Waals surface area (Å²) in [5.41, 5.74) is 2.51. The topological polar surface area (TPSA) is 58.6 Å². The van der Waals surface area contributed by atoms with E-state index in [9.17, 15) is 4.79 Å². The van der Waals surface area contributed by atoms with E-state index < -0.39 is 0 Å². The van der Waals surface area contributed by atoms with Crippen LogP contribution in [-0.4, -0.2) is 15.0 Å². The second kappa shape index (κ2) is 6.98. The van der Waals surface area contributed by atoms with Crippen molar-refractivity contribution in [2.75, 3.05) is 0 Å². The third-order valence-corrected chi connectivity index (χ3v) is 3.14. The summed E-state index contributed by atoms with van der Waals surface area (Å²) >= 11 is 0. The van der Waals surface area contributed by atoms with Crippen molar-refractivity contribution in [1.82, 2.24) is 15.0 Å². The molecule has 0 saturated carbocycles. The van der Waals surface area contributed by atoms with Gasteiger partial charge in [-0.1, -0.05) is 32.8 Å². The predicted molar refractivity (Wildman–Crippen MR) is 80.7 cm³/mol. The molecule has 0 spiro atoms. The molecule has 0 saturated heterocycles. The van der Waals surface area contributed by atoms with Crippen molar-refractivity contribution in [3.63, 3.8) is 0 Å². The second-order valence-electron chi connectivity index (χ2n) is 4.95. The van der Waals surface area contributed by atoms with Gasteiger partial charge in [-0.2, -0.15) is 0 Å². The Kier molecular flexibility index (Phi) is 5.04. The smallest absolute Gasteiger partial charge is 0.251 e. The summed E-state index contributed by atoms with van der Waals surface area (Å²) in [6.45, 7) is 4.24. The summed E-state index contributed by atoms with van der Waals surface area (Å²) in [4.78, 5) is 23.6. The van der Waals surface area contributed by atoms with Crippen molar-refractivity contribution in [3.05, 3.63) is 46.0 Å². The molecule has 4 heteroatoms. The van der Waals surface area contributed by atoms with Crippen LogP contribution in [0.3, 0.4) is 0 Å². The van der Waals surface area contributed by atoms with Crippen LogP contribution in [0.25, 0.3) is 11.5 Å². The third kappa shape index (κ3) is 3.76. The zero-order chi connectivity index (χ0) is 14.4. The number of rotatable bonds is 6. The van der Waals surface area contributed by atoms with Crippen molar-refractivity contribution < 1.29 is 0 Å². The fourth-order valence-electron chi connectivity index (χ4n) is 2.12. The van der Waals surface area contributed by atoms with Crippen LogP contribution in [0.2, 0.25) is 0 Å². The fourth-order valence-corrected chi connectivity index (χ4v) is 2.12. The zero-order valence-corrected chi connectivity index (χ0v) is 12.1. The van der Waals surface area contributed by atoms with Crippen LogP contribution in [-0.2, 0) is 12.8 Å². The first-order chi connectivity index (χ1) is 9.72. The molecule has 0 aliphatic rings. The molecule has 106 valence electrons. The molecule has 0 radical (unpaired) electrons. The molecule has 4 nitrogen and oxygen atoms in total. The lowest BCUT2D eigenvalue weighted by atomic mass is 10.2. The van der Waals surface area contributed by atoms with E-state index in [4.69, 9.17) is 0 Å². The Hall–Kier alpha value is -1.97. The quantitative estimate of drug-likeness (QED) is 0.878. The maximum Gasteiger partial charge on any atom is 0.251 e. The molecule has 0 aliphatic carbocycles. The van der Waals surface area contributed by atoms with Gasteiger partial charge in [0, 0.05) is 17.5 Å². The minimum absolute atomic E-state index is 0.112. The average Bonchev–Trinajstić information content (AvgIpc) is 2.45. The molecule has 2 aromatic heterocycles. The Bertz CT molecular complexity index is 619. The SMILES string of the molecule is CCCCc1cccc(-c2nc(CCC)cc(=O)[nH]2)n1. The summed E-state index contributed by atoms with van der Waals surface area (Å²) < 4.78 is 0. The molecule has 0 unspecified atom stereocenters. The highest BCUT2D eigenvalue weighted by Crippen LogP contribution is 2.13. The Balaban J connectivity index is 2.33. The van der Waals surface area contributed by atoms with Gasteiger partial charge in [0.15, 0.2) is 5.82 Å². The first-order valence-corrected chi connectivity index (χ1v) is 7.29. The van der Waals surface area contributed by atoms with E-state index in [0.717, 1.165) is 49.2 Å². The van der Waals surface area contributed by atoms with Gasteiger partial charge in [0.1, 0.15) is 5.69 Å². The van der Waals surface area contributed by atoms with Crippen LogP contribution in [0.15, 0.2) is 29.1 Å². The third-order valence-electron chi connectivity index (χ3n) is 3.14. The zero-order valence-electron chi connectivity index (χ0n) is 12.1. The lowest BCUT2D eigenvalue weighted by molar-refractivity contribution is 0.776. The Morgan fingerprint density at radius 3 is 2.65 bits per heavy atom. The molecule has 0 aromatic carbocycles. The molecule has 20 heavy (non-hydrogen) atoms. The van der Waals surface area contributed by atoms with E-state index in [0.29, 0.717) is 5.82 Å². The van der Waals surface area contributed by atoms with Crippen LogP contribution >= 0.6 is 0 Å². The van der Waals surface area contributed by atoms with Crippen molar-refractivity contribution in [2.45, 2.75) is 46.0 Å². The number of nitrogens with zero attached hydrogens (tertiary/aromatic N) is 2. The first-order valence-electron chi connectivity index (χ1n) is 7.29. The maximum atomic E-state index is 11.7. The van der Waals surface area contributed by atoms with Crippen molar-refractivity contribution in [2.24, 2.45) is 0 Å². The van der Waals surface area contributed by atoms with E-state index in [1.165, 1.54) is 0 Å². The number of aromatic nitrogens is 3. The van der Waals surface area contributed by atoms with E-state index in [-0.39, 0.29) is 5.56 Å². The summed E-state index contributed by atoms with van der Waals surface area (Å²) in [5, 5.41) is 0. The Morgan fingerprint density at radius 1 is 1.05 bits per heavy atom. The Labute approximate surface area is 119 Å². The Morgan fingerprint density at radius 2 is 1.90 bits per heavy atom. The minimum Gasteiger partial charge on any atom is -0.305 e. The number of aryl methyl sites for hydroxylation is 2. The standard InChI is InChI=1S/C16H21N3O/c1-3-5-8-12-9-6-10-14(17-12)16-18-13(7-4-2)11-15(20)19-16/h6,9-11H,3-5,7-8H2,1-2H3,(H,18,19,20). The number of unbranched alkanes of at least 4 members (excludes halogenated alkanes) is 1. The molecular weight excluding hydrogens is 250 g/mol. The molecule has 2 rings (SSSR count). The van der Waals surface area contributed by atoms with Crippen LogP contribution in [0, 0.1) is 0 Å². The molecule has 2 aromatic rings. The largest absolute Gasteiger partial charge is 0.305 e. The molecule has 0 aliphatic heterocycles. The lowest BCUT2D eigenvalue weighted by Gasteiger charge is -2.05. The van der Waals surface area contributed by atoms with Crippen LogP contribution in [0.4, 0.5) is 0 Å². The van der Waals surface area contributed by atoms with Gasteiger partial charge in [-0.25, -0.2) is 9.97 Å². The number of pyridine rings is 1. The monoisotopic (exact) mass is 271 g/mol. The van der Waals surface area contributed by atoms with Gasteiger partial charge in [-0.3, -0.25) is 4.79 Å². The molecule has 1 N–H and O–H groups in total. The maximum absolute atomic E-state index is 11.7.